The Morgan fingerprint density at radius 1 is 1.23 bits per heavy atom. The van der Waals surface area contributed by atoms with Crippen LogP contribution in [-0.2, 0) is 24.3 Å². The van der Waals surface area contributed by atoms with Gasteiger partial charge in [0.1, 0.15) is 6.54 Å². The molecule has 0 unspecified atom stereocenters. The third-order valence-electron chi connectivity index (χ3n) is 3.95. The Labute approximate surface area is 129 Å². The van der Waals surface area contributed by atoms with E-state index >= 15 is 0 Å². The van der Waals surface area contributed by atoms with Crippen molar-refractivity contribution in [3.8, 4) is 11.5 Å². The van der Waals surface area contributed by atoms with Gasteiger partial charge in [-0.2, -0.15) is 0 Å². The Hall–Kier alpha value is -2.50. The fraction of sp³-hybridized carbons (Fsp3) is 0.375. The van der Waals surface area contributed by atoms with Crippen molar-refractivity contribution in [2.24, 2.45) is 0 Å². The zero-order valence-electron chi connectivity index (χ0n) is 12.8. The average Bonchev–Trinajstić information content (AvgIpc) is 3.05. The highest BCUT2D eigenvalue weighted by Gasteiger charge is 2.22. The lowest BCUT2D eigenvalue weighted by molar-refractivity contribution is -0.132. The predicted molar refractivity (Wildman–Crippen MR) is 80.9 cm³/mol. The number of carbonyl (C=O) groups excluding carboxylic acids is 1. The van der Waals surface area contributed by atoms with Gasteiger partial charge in [0.05, 0.1) is 20.5 Å². The molecule has 22 heavy (non-hydrogen) atoms. The molecule has 0 bridgehead atoms. The molecule has 1 amide bonds. The van der Waals surface area contributed by atoms with Gasteiger partial charge in [-0.15, -0.1) is 0 Å². The summed E-state index contributed by atoms with van der Waals surface area (Å²) in [6.45, 7) is 1.64. The van der Waals surface area contributed by atoms with Crippen molar-refractivity contribution in [2.45, 2.75) is 19.5 Å². The Balaban J connectivity index is 1.76. The van der Waals surface area contributed by atoms with Crippen LogP contribution in [0.4, 0.5) is 0 Å². The molecule has 6 heteroatoms. The first kappa shape index (κ1) is 14.4. The van der Waals surface area contributed by atoms with Crippen LogP contribution in [0.5, 0.6) is 11.5 Å². The van der Waals surface area contributed by atoms with Gasteiger partial charge >= 0.3 is 0 Å². The number of rotatable bonds is 4. The Kier molecular flexibility index (Phi) is 4.00. The fourth-order valence-electron chi connectivity index (χ4n) is 2.73. The number of hydrogen-bond acceptors (Lipinski definition) is 4. The van der Waals surface area contributed by atoms with E-state index in [0.717, 1.165) is 24.3 Å². The van der Waals surface area contributed by atoms with Crippen molar-refractivity contribution in [3.05, 3.63) is 42.0 Å². The molecule has 0 fully saturated rings. The lowest BCUT2D eigenvalue weighted by atomic mass is 9.98. The molecule has 116 valence electrons. The van der Waals surface area contributed by atoms with Crippen LogP contribution < -0.4 is 9.47 Å². The largest absolute Gasteiger partial charge is 0.493 e. The summed E-state index contributed by atoms with van der Waals surface area (Å²) in [6.07, 6.45) is 5.95. The number of methoxy groups -OCH3 is 2. The zero-order valence-corrected chi connectivity index (χ0v) is 12.8. The topological polar surface area (TPSA) is 56.6 Å². The first-order chi connectivity index (χ1) is 10.7. The molecule has 0 radical (unpaired) electrons. The van der Waals surface area contributed by atoms with Crippen LogP contribution in [0.15, 0.2) is 30.9 Å². The summed E-state index contributed by atoms with van der Waals surface area (Å²) in [7, 11) is 3.25. The maximum absolute atomic E-state index is 12.4. The van der Waals surface area contributed by atoms with Gasteiger partial charge in [0.2, 0.25) is 5.91 Å². The molecule has 6 nitrogen and oxygen atoms in total. The molecule has 0 N–H and O–H groups in total. The second kappa shape index (κ2) is 6.09. The first-order valence-electron chi connectivity index (χ1n) is 7.18. The van der Waals surface area contributed by atoms with E-state index in [9.17, 15) is 4.79 Å². The number of amides is 1. The molecule has 0 atom stereocenters. The minimum Gasteiger partial charge on any atom is -0.493 e. The molecule has 1 aromatic heterocycles. The van der Waals surface area contributed by atoms with Gasteiger partial charge in [0.15, 0.2) is 11.5 Å². The minimum absolute atomic E-state index is 0.0958. The lowest BCUT2D eigenvalue weighted by Gasteiger charge is -2.29. The normalized spacial score (nSPS) is 13.6. The van der Waals surface area contributed by atoms with Crippen molar-refractivity contribution in [2.75, 3.05) is 20.8 Å². The van der Waals surface area contributed by atoms with Crippen molar-refractivity contribution in [1.29, 1.82) is 0 Å². The predicted octanol–water partition coefficient (Wildman–Crippen LogP) is 1.49. The number of nitrogens with zero attached hydrogens (tertiary/aromatic N) is 3. The molecule has 1 aliphatic heterocycles. The number of carbonyl (C=O) groups is 1. The van der Waals surface area contributed by atoms with Crippen molar-refractivity contribution >= 4 is 5.91 Å². The Bertz CT molecular complexity index is 668. The second-order valence-corrected chi connectivity index (χ2v) is 5.28. The molecular weight excluding hydrogens is 282 g/mol. The minimum atomic E-state index is 0.0958. The number of fused-ring (bicyclic) bond motifs is 1. The summed E-state index contributed by atoms with van der Waals surface area (Å²) in [5, 5.41) is 0. The summed E-state index contributed by atoms with van der Waals surface area (Å²) in [5.74, 6) is 1.53. The third kappa shape index (κ3) is 2.77. The van der Waals surface area contributed by atoms with Gasteiger partial charge in [-0.05, 0) is 29.7 Å². The molecule has 0 aliphatic carbocycles. The summed E-state index contributed by atoms with van der Waals surface area (Å²) < 4.78 is 12.5. The molecule has 0 spiro atoms. The highest BCUT2D eigenvalue weighted by molar-refractivity contribution is 5.76. The van der Waals surface area contributed by atoms with Crippen molar-refractivity contribution in [3.63, 3.8) is 0 Å². The number of hydrogen-bond donors (Lipinski definition) is 0. The van der Waals surface area contributed by atoms with Crippen LogP contribution in [0.2, 0.25) is 0 Å². The molecule has 0 saturated carbocycles. The molecule has 1 aromatic carbocycles. The van der Waals surface area contributed by atoms with Crippen LogP contribution in [0.25, 0.3) is 0 Å². The average molecular weight is 301 g/mol. The highest BCUT2D eigenvalue weighted by atomic mass is 16.5. The first-order valence-corrected chi connectivity index (χ1v) is 7.18. The standard InChI is InChI=1S/C16H19N3O3/c1-21-14-7-12-3-5-19(9-13(12)8-15(14)22-2)16(20)10-18-6-4-17-11-18/h4,6-8,11H,3,5,9-10H2,1-2H3. The van der Waals surface area contributed by atoms with Gasteiger partial charge < -0.3 is 18.9 Å². The van der Waals surface area contributed by atoms with Crippen molar-refractivity contribution in [1.82, 2.24) is 14.5 Å². The summed E-state index contributed by atoms with van der Waals surface area (Å²) in [5.41, 5.74) is 2.33. The van der Waals surface area contributed by atoms with E-state index in [1.807, 2.05) is 17.0 Å². The van der Waals surface area contributed by atoms with E-state index in [2.05, 4.69) is 4.98 Å². The van der Waals surface area contributed by atoms with Crippen LogP contribution in [0, 0.1) is 0 Å². The smallest absolute Gasteiger partial charge is 0.242 e. The van der Waals surface area contributed by atoms with Crippen molar-refractivity contribution < 1.29 is 14.3 Å². The van der Waals surface area contributed by atoms with E-state index in [-0.39, 0.29) is 5.91 Å². The maximum atomic E-state index is 12.4. The van der Waals surface area contributed by atoms with Gasteiger partial charge in [0, 0.05) is 25.5 Å². The number of aromatic nitrogens is 2. The Morgan fingerprint density at radius 2 is 1.95 bits per heavy atom. The maximum Gasteiger partial charge on any atom is 0.242 e. The van der Waals surface area contributed by atoms with Gasteiger partial charge in [-0.1, -0.05) is 0 Å². The molecule has 3 rings (SSSR count). The molecular formula is C16H19N3O3. The van der Waals surface area contributed by atoms with Crippen LogP contribution in [0.1, 0.15) is 11.1 Å². The third-order valence-corrected chi connectivity index (χ3v) is 3.95. The molecule has 2 aromatic rings. The fourth-order valence-corrected chi connectivity index (χ4v) is 2.73. The summed E-state index contributed by atoms with van der Waals surface area (Å²) >= 11 is 0. The zero-order chi connectivity index (χ0) is 15.5. The molecule has 2 heterocycles. The summed E-state index contributed by atoms with van der Waals surface area (Å²) in [6, 6.07) is 3.97. The van der Waals surface area contributed by atoms with Gasteiger partial charge in [0.25, 0.3) is 0 Å². The summed E-state index contributed by atoms with van der Waals surface area (Å²) in [4.78, 5) is 18.2. The lowest BCUT2D eigenvalue weighted by Crippen LogP contribution is -2.37. The van der Waals surface area contributed by atoms with E-state index in [0.29, 0.717) is 18.8 Å². The van der Waals surface area contributed by atoms with E-state index < -0.39 is 0 Å². The van der Waals surface area contributed by atoms with Crippen LogP contribution in [-0.4, -0.2) is 41.1 Å². The molecule has 0 saturated heterocycles. The van der Waals surface area contributed by atoms with E-state index in [1.54, 1.807) is 37.5 Å². The van der Waals surface area contributed by atoms with Gasteiger partial charge in [-0.25, -0.2) is 4.98 Å². The number of ether oxygens (including phenoxy) is 2. The second-order valence-electron chi connectivity index (χ2n) is 5.28. The van der Waals surface area contributed by atoms with Crippen LogP contribution in [0.3, 0.4) is 0 Å². The Morgan fingerprint density at radius 3 is 2.59 bits per heavy atom. The quantitative estimate of drug-likeness (QED) is 0.858. The SMILES string of the molecule is COc1cc2c(cc1OC)CN(C(=O)Cn1ccnc1)CC2. The van der Waals surface area contributed by atoms with Gasteiger partial charge in [-0.3, -0.25) is 4.79 Å². The molecule has 1 aliphatic rings. The highest BCUT2D eigenvalue weighted by Crippen LogP contribution is 2.33. The number of benzene rings is 1. The van der Waals surface area contributed by atoms with E-state index in [1.165, 1.54) is 5.56 Å². The monoisotopic (exact) mass is 301 g/mol. The number of imidazole rings is 1. The van der Waals surface area contributed by atoms with E-state index in [4.69, 9.17) is 9.47 Å². The van der Waals surface area contributed by atoms with Crippen LogP contribution >= 0.6 is 0 Å².